The van der Waals surface area contributed by atoms with Crippen molar-refractivity contribution in [2.45, 2.75) is 6.04 Å². The van der Waals surface area contributed by atoms with Gasteiger partial charge in [-0.05, 0) is 29.8 Å². The number of hydrogen-bond acceptors (Lipinski definition) is 3. The molecule has 1 unspecified atom stereocenters. The molecule has 4 aromatic rings. The Morgan fingerprint density at radius 1 is 1.00 bits per heavy atom. The average molecular weight is 357 g/mol. The van der Waals surface area contributed by atoms with Gasteiger partial charge in [0.05, 0.1) is 22.9 Å². The lowest BCUT2D eigenvalue weighted by atomic mass is 10.1. The molecule has 2 aromatic carbocycles. The van der Waals surface area contributed by atoms with Crippen LogP contribution in [0.1, 0.15) is 17.4 Å². The quantitative estimate of drug-likeness (QED) is 0.582. The summed E-state index contributed by atoms with van der Waals surface area (Å²) in [4.78, 5) is 21.4. The van der Waals surface area contributed by atoms with Crippen LogP contribution < -0.4 is 10.6 Å². The molecule has 6 heteroatoms. The predicted octanol–water partition coefficient (Wildman–Crippen LogP) is 3.88. The highest BCUT2D eigenvalue weighted by atomic mass is 16.2. The maximum atomic E-state index is 12.6. The molecule has 2 heterocycles. The molecule has 0 aliphatic heterocycles. The number of pyridine rings is 1. The molecule has 27 heavy (non-hydrogen) atoms. The highest BCUT2D eigenvalue weighted by Gasteiger charge is 2.22. The Morgan fingerprint density at radius 2 is 1.78 bits per heavy atom. The topological polar surface area (TPSA) is 71.8 Å². The van der Waals surface area contributed by atoms with Crippen LogP contribution in [0.25, 0.3) is 11.0 Å². The van der Waals surface area contributed by atoms with E-state index in [0.717, 1.165) is 22.4 Å². The first-order valence-electron chi connectivity index (χ1n) is 8.66. The first-order valence-corrected chi connectivity index (χ1v) is 8.66. The molecule has 1 atom stereocenters. The van der Waals surface area contributed by atoms with Crippen molar-refractivity contribution < 1.29 is 4.79 Å². The number of aromatic nitrogens is 3. The fourth-order valence-corrected chi connectivity index (χ4v) is 3.10. The molecule has 0 bridgehead atoms. The minimum Gasteiger partial charge on any atom is -0.329 e. The summed E-state index contributed by atoms with van der Waals surface area (Å²) in [6.45, 7) is 0. The fourth-order valence-electron chi connectivity index (χ4n) is 3.10. The van der Waals surface area contributed by atoms with Gasteiger partial charge in [0, 0.05) is 13.2 Å². The number of benzene rings is 2. The number of carbonyl (C=O) groups is 1. The van der Waals surface area contributed by atoms with Crippen LogP contribution in [-0.4, -0.2) is 20.6 Å². The fraction of sp³-hybridized carbons (Fsp3) is 0.0952. The number of para-hydroxylation sites is 2. The van der Waals surface area contributed by atoms with Crippen LogP contribution in [-0.2, 0) is 7.05 Å². The van der Waals surface area contributed by atoms with Crippen LogP contribution in [0.3, 0.4) is 0 Å². The number of hydrogen-bond donors (Lipinski definition) is 2. The van der Waals surface area contributed by atoms with E-state index in [1.165, 1.54) is 0 Å². The maximum Gasteiger partial charge on any atom is 0.320 e. The van der Waals surface area contributed by atoms with Crippen molar-refractivity contribution >= 4 is 22.8 Å². The maximum absolute atomic E-state index is 12.6. The molecule has 2 N–H and O–H groups in total. The van der Waals surface area contributed by atoms with Crippen LogP contribution in [0.5, 0.6) is 0 Å². The zero-order chi connectivity index (χ0) is 18.6. The molecule has 0 fully saturated rings. The molecule has 0 saturated carbocycles. The first kappa shape index (κ1) is 16.8. The van der Waals surface area contributed by atoms with E-state index >= 15 is 0 Å². The van der Waals surface area contributed by atoms with Crippen molar-refractivity contribution in [2.75, 3.05) is 5.32 Å². The van der Waals surface area contributed by atoms with Gasteiger partial charge in [0.1, 0.15) is 11.9 Å². The highest BCUT2D eigenvalue weighted by molar-refractivity contribution is 5.89. The highest BCUT2D eigenvalue weighted by Crippen LogP contribution is 2.25. The molecular weight excluding hydrogens is 338 g/mol. The number of fused-ring (bicyclic) bond motifs is 1. The standard InChI is InChI=1S/C21H19N5O/c1-26-18-12-6-5-11-17(18)24-20(26)19(15-8-3-2-4-9-15)25-21(27)23-16-10-7-13-22-14-16/h2-14,19H,1H3,(H2,23,25,27). The van der Waals surface area contributed by atoms with E-state index in [1.54, 1.807) is 24.5 Å². The van der Waals surface area contributed by atoms with Crippen molar-refractivity contribution in [3.63, 3.8) is 0 Å². The van der Waals surface area contributed by atoms with Gasteiger partial charge in [-0.2, -0.15) is 0 Å². The number of nitrogens with one attached hydrogen (secondary N) is 2. The summed E-state index contributed by atoms with van der Waals surface area (Å²) in [7, 11) is 1.96. The van der Waals surface area contributed by atoms with Crippen LogP contribution >= 0.6 is 0 Å². The number of imidazole rings is 1. The molecule has 134 valence electrons. The molecule has 6 nitrogen and oxygen atoms in total. The Balaban J connectivity index is 1.69. The van der Waals surface area contributed by atoms with E-state index in [9.17, 15) is 4.79 Å². The average Bonchev–Trinajstić information content (AvgIpc) is 3.04. The second-order valence-electron chi connectivity index (χ2n) is 6.20. The van der Waals surface area contributed by atoms with Crippen LogP contribution in [0.15, 0.2) is 79.1 Å². The number of urea groups is 1. The van der Waals surface area contributed by atoms with Gasteiger partial charge in [-0.1, -0.05) is 42.5 Å². The first-order chi connectivity index (χ1) is 13.2. The van der Waals surface area contributed by atoms with E-state index < -0.39 is 0 Å². The van der Waals surface area contributed by atoms with E-state index in [-0.39, 0.29) is 12.1 Å². The van der Waals surface area contributed by atoms with Crippen molar-refractivity contribution in [3.8, 4) is 0 Å². The van der Waals surface area contributed by atoms with Crippen LogP contribution in [0, 0.1) is 0 Å². The van der Waals surface area contributed by atoms with Gasteiger partial charge in [-0.3, -0.25) is 4.98 Å². The molecule has 2 aromatic heterocycles. The van der Waals surface area contributed by atoms with Gasteiger partial charge < -0.3 is 15.2 Å². The molecule has 4 rings (SSSR count). The van der Waals surface area contributed by atoms with Gasteiger partial charge in [0.25, 0.3) is 0 Å². The van der Waals surface area contributed by atoms with E-state index in [4.69, 9.17) is 4.98 Å². The zero-order valence-electron chi connectivity index (χ0n) is 14.8. The zero-order valence-corrected chi connectivity index (χ0v) is 14.8. The Kier molecular flexibility index (Phi) is 4.53. The summed E-state index contributed by atoms with van der Waals surface area (Å²) in [6.07, 6.45) is 3.27. The van der Waals surface area contributed by atoms with Crippen LogP contribution in [0.4, 0.5) is 10.5 Å². The van der Waals surface area contributed by atoms with Crippen molar-refractivity contribution in [3.05, 3.63) is 90.5 Å². The van der Waals surface area contributed by atoms with Gasteiger partial charge in [0.2, 0.25) is 0 Å². The van der Waals surface area contributed by atoms with E-state index in [2.05, 4.69) is 15.6 Å². The van der Waals surface area contributed by atoms with Crippen molar-refractivity contribution in [1.29, 1.82) is 0 Å². The summed E-state index contributed by atoms with van der Waals surface area (Å²) < 4.78 is 2.01. The van der Waals surface area contributed by atoms with Crippen molar-refractivity contribution in [1.82, 2.24) is 19.9 Å². The largest absolute Gasteiger partial charge is 0.329 e. The van der Waals surface area contributed by atoms with E-state index in [0.29, 0.717) is 5.69 Å². The third kappa shape index (κ3) is 3.50. The Labute approximate surface area is 156 Å². The SMILES string of the molecule is Cn1c(C(NC(=O)Nc2cccnc2)c2ccccc2)nc2ccccc21. The molecule has 0 saturated heterocycles. The summed E-state index contributed by atoms with van der Waals surface area (Å²) in [5.74, 6) is 0.767. The molecule has 0 aliphatic carbocycles. The lowest BCUT2D eigenvalue weighted by Gasteiger charge is -2.19. The van der Waals surface area contributed by atoms with Gasteiger partial charge in [0.15, 0.2) is 0 Å². The molecule has 0 radical (unpaired) electrons. The van der Waals surface area contributed by atoms with Gasteiger partial charge in [-0.15, -0.1) is 0 Å². The smallest absolute Gasteiger partial charge is 0.320 e. The number of amides is 2. The van der Waals surface area contributed by atoms with E-state index in [1.807, 2.05) is 66.2 Å². The number of rotatable bonds is 4. The molecular formula is C21H19N5O. The Morgan fingerprint density at radius 3 is 2.52 bits per heavy atom. The lowest BCUT2D eigenvalue weighted by molar-refractivity contribution is 0.249. The Hall–Kier alpha value is -3.67. The lowest BCUT2D eigenvalue weighted by Crippen LogP contribution is -2.34. The third-order valence-corrected chi connectivity index (χ3v) is 4.41. The number of anilines is 1. The molecule has 0 aliphatic rings. The Bertz CT molecular complexity index is 1060. The predicted molar refractivity (Wildman–Crippen MR) is 105 cm³/mol. The number of carbonyl (C=O) groups excluding carboxylic acids is 1. The van der Waals surface area contributed by atoms with Crippen molar-refractivity contribution in [2.24, 2.45) is 7.05 Å². The summed E-state index contributed by atoms with van der Waals surface area (Å²) in [6, 6.07) is 20.6. The monoisotopic (exact) mass is 357 g/mol. The summed E-state index contributed by atoms with van der Waals surface area (Å²) in [5.41, 5.74) is 3.50. The normalized spacial score (nSPS) is 11.9. The van der Waals surface area contributed by atoms with Gasteiger partial charge in [-0.25, -0.2) is 9.78 Å². The van der Waals surface area contributed by atoms with Gasteiger partial charge >= 0.3 is 6.03 Å². The van der Waals surface area contributed by atoms with Crippen LogP contribution in [0.2, 0.25) is 0 Å². The summed E-state index contributed by atoms with van der Waals surface area (Å²) in [5, 5.41) is 5.85. The second-order valence-corrected chi connectivity index (χ2v) is 6.20. The molecule has 2 amide bonds. The third-order valence-electron chi connectivity index (χ3n) is 4.41. The second kappa shape index (κ2) is 7.29. The summed E-state index contributed by atoms with van der Waals surface area (Å²) >= 11 is 0. The number of nitrogens with zero attached hydrogens (tertiary/aromatic N) is 3. The molecule has 0 spiro atoms. The minimum absolute atomic E-state index is 0.316. The number of aryl methyl sites for hydroxylation is 1. The minimum atomic E-state index is -0.389.